The lowest BCUT2D eigenvalue weighted by molar-refractivity contribution is -0.122. The number of hydrogen-bond donors (Lipinski definition) is 1. The van der Waals surface area contributed by atoms with Crippen LogP contribution in [0.1, 0.15) is 41.9 Å². The highest BCUT2D eigenvalue weighted by Crippen LogP contribution is 2.48. The van der Waals surface area contributed by atoms with Crippen molar-refractivity contribution in [1.82, 2.24) is 5.32 Å². The van der Waals surface area contributed by atoms with Gasteiger partial charge in [-0.3, -0.25) is 4.79 Å². The first kappa shape index (κ1) is 20.7. The Balaban J connectivity index is 1.25. The summed E-state index contributed by atoms with van der Waals surface area (Å²) >= 11 is 12.1. The molecule has 1 saturated carbocycles. The molecule has 29 heavy (non-hydrogen) atoms. The highest BCUT2D eigenvalue weighted by molar-refractivity contribution is 6.42. The maximum atomic E-state index is 12.5. The number of amides is 1. The Morgan fingerprint density at radius 3 is 2.66 bits per heavy atom. The van der Waals surface area contributed by atoms with Gasteiger partial charge in [0.2, 0.25) is 5.91 Å². The number of carbonyl (C=O) groups is 1. The summed E-state index contributed by atoms with van der Waals surface area (Å²) in [4.78, 5) is 12.5. The monoisotopic (exact) mass is 433 g/mol. The second-order valence-electron chi connectivity index (χ2n) is 7.78. The molecule has 2 unspecified atom stereocenters. The van der Waals surface area contributed by atoms with Crippen LogP contribution in [0.2, 0.25) is 10.0 Å². The van der Waals surface area contributed by atoms with Gasteiger partial charge in [-0.2, -0.15) is 0 Å². The molecule has 2 aliphatic rings. The van der Waals surface area contributed by atoms with Crippen molar-refractivity contribution in [3.63, 3.8) is 0 Å². The predicted octanol–water partition coefficient (Wildman–Crippen LogP) is 5.11. The maximum absolute atomic E-state index is 12.5. The van der Waals surface area contributed by atoms with Crippen molar-refractivity contribution in [3.05, 3.63) is 69.2 Å². The van der Waals surface area contributed by atoms with Gasteiger partial charge in [-0.1, -0.05) is 53.5 Å². The Morgan fingerprint density at radius 1 is 1.07 bits per heavy atom. The number of nitrogens with one attached hydrogen (secondary N) is 1. The quantitative estimate of drug-likeness (QED) is 0.659. The van der Waals surface area contributed by atoms with Crippen LogP contribution in [0.4, 0.5) is 0 Å². The molecule has 1 aliphatic carbocycles. The van der Waals surface area contributed by atoms with Crippen LogP contribution in [0, 0.1) is 5.92 Å². The second-order valence-corrected chi connectivity index (χ2v) is 8.60. The van der Waals surface area contributed by atoms with E-state index >= 15 is 0 Å². The van der Waals surface area contributed by atoms with Gasteiger partial charge in [-0.25, -0.2) is 0 Å². The molecule has 0 radical (unpaired) electrons. The average Bonchev–Trinajstić information content (AvgIpc) is 3.55. The molecule has 6 heteroatoms. The third-order valence-corrected chi connectivity index (χ3v) is 6.35. The molecule has 1 saturated heterocycles. The predicted molar refractivity (Wildman–Crippen MR) is 114 cm³/mol. The van der Waals surface area contributed by atoms with Crippen LogP contribution in [-0.4, -0.2) is 25.2 Å². The Labute approximate surface area is 181 Å². The van der Waals surface area contributed by atoms with E-state index in [1.54, 1.807) is 6.07 Å². The summed E-state index contributed by atoms with van der Waals surface area (Å²) in [6.07, 6.45) is 3.04. The van der Waals surface area contributed by atoms with Crippen molar-refractivity contribution < 1.29 is 14.3 Å². The SMILES string of the molecule is O=C(NCc1cccc(COC2CCOCC2)c1)C1CC1c1ccc(Cl)c(Cl)c1. The van der Waals surface area contributed by atoms with E-state index in [1.807, 2.05) is 24.3 Å². The summed E-state index contributed by atoms with van der Waals surface area (Å²) in [6, 6.07) is 13.8. The van der Waals surface area contributed by atoms with Gasteiger partial charge in [0.1, 0.15) is 0 Å². The van der Waals surface area contributed by atoms with Gasteiger partial charge >= 0.3 is 0 Å². The van der Waals surface area contributed by atoms with Gasteiger partial charge in [-0.05, 0) is 54.0 Å². The zero-order valence-electron chi connectivity index (χ0n) is 16.2. The van der Waals surface area contributed by atoms with Crippen molar-refractivity contribution in [2.75, 3.05) is 13.2 Å². The van der Waals surface area contributed by atoms with E-state index in [9.17, 15) is 4.79 Å². The number of hydrogen-bond acceptors (Lipinski definition) is 3. The standard InChI is InChI=1S/C23H25Cl2NO3/c24-21-5-4-17(11-22(21)25)19-12-20(19)23(27)26-13-15-2-1-3-16(10-15)14-29-18-6-8-28-9-7-18/h1-5,10-11,18-20H,6-9,12-14H2,(H,26,27). The van der Waals surface area contributed by atoms with Crippen LogP contribution in [0.15, 0.2) is 42.5 Å². The van der Waals surface area contributed by atoms with Gasteiger partial charge in [0.05, 0.1) is 22.8 Å². The minimum absolute atomic E-state index is 0.00674. The smallest absolute Gasteiger partial charge is 0.224 e. The minimum Gasteiger partial charge on any atom is -0.381 e. The van der Waals surface area contributed by atoms with Crippen molar-refractivity contribution in [2.45, 2.75) is 44.4 Å². The van der Waals surface area contributed by atoms with E-state index in [2.05, 4.69) is 17.4 Å². The summed E-state index contributed by atoms with van der Waals surface area (Å²) in [6.45, 7) is 2.67. The molecule has 4 rings (SSSR count). The lowest BCUT2D eigenvalue weighted by Gasteiger charge is -2.22. The lowest BCUT2D eigenvalue weighted by atomic mass is 10.1. The first-order valence-electron chi connectivity index (χ1n) is 10.1. The van der Waals surface area contributed by atoms with Gasteiger partial charge in [0.25, 0.3) is 0 Å². The van der Waals surface area contributed by atoms with Crippen molar-refractivity contribution in [2.24, 2.45) is 5.92 Å². The van der Waals surface area contributed by atoms with Crippen LogP contribution in [0.5, 0.6) is 0 Å². The molecule has 154 valence electrons. The Hall–Kier alpha value is -1.59. The molecule has 4 nitrogen and oxygen atoms in total. The van der Waals surface area contributed by atoms with E-state index in [-0.39, 0.29) is 23.8 Å². The van der Waals surface area contributed by atoms with E-state index in [4.69, 9.17) is 32.7 Å². The van der Waals surface area contributed by atoms with Crippen LogP contribution < -0.4 is 5.32 Å². The van der Waals surface area contributed by atoms with Crippen LogP contribution >= 0.6 is 23.2 Å². The van der Waals surface area contributed by atoms with Crippen LogP contribution in [0.25, 0.3) is 0 Å². The van der Waals surface area contributed by atoms with Gasteiger partial charge in [0.15, 0.2) is 0 Å². The molecule has 1 aliphatic heterocycles. The molecule has 2 aromatic rings. The minimum atomic E-state index is 0.00674. The molecule has 0 aromatic heterocycles. The summed E-state index contributed by atoms with van der Waals surface area (Å²) < 4.78 is 11.4. The molecule has 1 amide bonds. The topological polar surface area (TPSA) is 47.6 Å². The fourth-order valence-electron chi connectivity index (χ4n) is 3.80. The summed E-state index contributed by atoms with van der Waals surface area (Å²) in [5.74, 6) is 0.321. The zero-order valence-corrected chi connectivity index (χ0v) is 17.7. The molecule has 2 aromatic carbocycles. The Kier molecular flexibility index (Phi) is 6.76. The van der Waals surface area contributed by atoms with Crippen LogP contribution in [-0.2, 0) is 27.4 Å². The van der Waals surface area contributed by atoms with E-state index < -0.39 is 0 Å². The molecule has 1 heterocycles. The molecule has 2 fully saturated rings. The van der Waals surface area contributed by atoms with Crippen molar-refractivity contribution in [1.29, 1.82) is 0 Å². The molecule has 0 bridgehead atoms. The summed E-state index contributed by atoms with van der Waals surface area (Å²) in [5.41, 5.74) is 3.29. The van der Waals surface area contributed by atoms with E-state index in [1.165, 1.54) is 0 Å². The molecular weight excluding hydrogens is 409 g/mol. The first-order valence-corrected chi connectivity index (χ1v) is 10.9. The van der Waals surface area contributed by atoms with Crippen LogP contribution in [0.3, 0.4) is 0 Å². The van der Waals surface area contributed by atoms with E-state index in [0.717, 1.165) is 49.2 Å². The second kappa shape index (κ2) is 9.48. The number of ether oxygens (including phenoxy) is 2. The third-order valence-electron chi connectivity index (χ3n) is 5.61. The lowest BCUT2D eigenvalue weighted by Crippen LogP contribution is -2.25. The summed E-state index contributed by atoms with van der Waals surface area (Å²) in [5, 5.41) is 4.14. The number of carbonyl (C=O) groups excluding carboxylic acids is 1. The average molecular weight is 434 g/mol. The maximum Gasteiger partial charge on any atom is 0.224 e. The number of benzene rings is 2. The fraction of sp³-hybridized carbons (Fsp3) is 0.435. The largest absolute Gasteiger partial charge is 0.381 e. The van der Waals surface area contributed by atoms with E-state index in [0.29, 0.717) is 23.2 Å². The highest BCUT2D eigenvalue weighted by atomic mass is 35.5. The number of rotatable bonds is 7. The molecule has 0 spiro atoms. The Bertz CT molecular complexity index is 867. The third kappa shape index (κ3) is 5.52. The zero-order chi connectivity index (χ0) is 20.2. The molecule has 1 N–H and O–H groups in total. The fourth-order valence-corrected chi connectivity index (χ4v) is 4.11. The first-order chi connectivity index (χ1) is 14.1. The highest BCUT2D eigenvalue weighted by Gasteiger charge is 2.43. The molecule has 2 atom stereocenters. The van der Waals surface area contributed by atoms with Crippen molar-refractivity contribution in [3.8, 4) is 0 Å². The summed E-state index contributed by atoms with van der Waals surface area (Å²) in [7, 11) is 0. The normalized spacial score (nSPS) is 21.7. The van der Waals surface area contributed by atoms with Gasteiger partial charge in [-0.15, -0.1) is 0 Å². The molecular formula is C23H25Cl2NO3. The van der Waals surface area contributed by atoms with Gasteiger partial charge < -0.3 is 14.8 Å². The van der Waals surface area contributed by atoms with Gasteiger partial charge in [0, 0.05) is 25.7 Å². The number of halogens is 2. The Morgan fingerprint density at radius 2 is 1.86 bits per heavy atom. The van der Waals surface area contributed by atoms with Crippen molar-refractivity contribution >= 4 is 29.1 Å².